The summed E-state index contributed by atoms with van der Waals surface area (Å²) in [5, 5.41) is 12.2. The number of pyridine rings is 2. The van der Waals surface area contributed by atoms with Crippen LogP contribution in [-0.2, 0) is 4.74 Å². The van der Waals surface area contributed by atoms with E-state index in [1.54, 1.807) is 30.7 Å². The van der Waals surface area contributed by atoms with Gasteiger partial charge in [-0.2, -0.15) is 10.2 Å². The van der Waals surface area contributed by atoms with Gasteiger partial charge in [0.05, 0.1) is 35.7 Å². The number of aryl methyl sites for hydroxylation is 1. The van der Waals surface area contributed by atoms with E-state index in [4.69, 9.17) is 16.3 Å². The summed E-state index contributed by atoms with van der Waals surface area (Å²) in [5.74, 6) is 0.492. The van der Waals surface area contributed by atoms with E-state index in [0.717, 1.165) is 5.69 Å². The number of halogens is 1. The highest BCUT2D eigenvalue weighted by molar-refractivity contribution is 6.30. The van der Waals surface area contributed by atoms with Gasteiger partial charge in [-0.05, 0) is 45.0 Å². The van der Waals surface area contributed by atoms with Gasteiger partial charge in [0, 0.05) is 25.0 Å². The number of aromatic nitrogens is 5. The standard InChI is InChI=1S/C21H24ClN7O2/c1-13-4-6-17(29-25-8-9-26-29)20(27-13)21(30)28-12-14(2)31-15(3)18(28)11-24-19-7-5-16(22)10-23-19/h4-10,14-15,18H,11-12H2,1-3H3,(H,23,24)/t14-,15+,18-/m1/s1. The van der Waals surface area contributed by atoms with Gasteiger partial charge >= 0.3 is 0 Å². The van der Waals surface area contributed by atoms with Gasteiger partial charge in [0.2, 0.25) is 0 Å². The van der Waals surface area contributed by atoms with Crippen molar-refractivity contribution < 1.29 is 9.53 Å². The largest absolute Gasteiger partial charge is 0.372 e. The predicted molar refractivity (Wildman–Crippen MR) is 116 cm³/mol. The lowest BCUT2D eigenvalue weighted by Crippen LogP contribution is -2.58. The highest BCUT2D eigenvalue weighted by atomic mass is 35.5. The number of carbonyl (C=O) groups is 1. The second-order valence-corrected chi connectivity index (χ2v) is 7.99. The zero-order chi connectivity index (χ0) is 22.0. The Kier molecular flexibility index (Phi) is 6.15. The molecule has 4 rings (SSSR count). The number of ether oxygens (including phenoxy) is 1. The van der Waals surface area contributed by atoms with Crippen LogP contribution in [0.15, 0.2) is 42.9 Å². The first-order valence-corrected chi connectivity index (χ1v) is 10.5. The minimum absolute atomic E-state index is 0.0973. The molecule has 9 nitrogen and oxygen atoms in total. The summed E-state index contributed by atoms with van der Waals surface area (Å²) in [6.45, 7) is 6.70. The maximum atomic E-state index is 13.7. The van der Waals surface area contributed by atoms with Crippen molar-refractivity contribution in [1.29, 1.82) is 0 Å². The van der Waals surface area contributed by atoms with Gasteiger partial charge in [0.25, 0.3) is 5.91 Å². The molecule has 0 aliphatic carbocycles. The van der Waals surface area contributed by atoms with Crippen LogP contribution in [0.25, 0.3) is 5.69 Å². The van der Waals surface area contributed by atoms with Crippen LogP contribution in [0, 0.1) is 6.92 Å². The van der Waals surface area contributed by atoms with E-state index in [2.05, 4.69) is 25.5 Å². The summed E-state index contributed by atoms with van der Waals surface area (Å²) >= 11 is 5.92. The number of rotatable bonds is 5. The Morgan fingerprint density at radius 2 is 2.00 bits per heavy atom. The third kappa shape index (κ3) is 4.67. The first-order chi connectivity index (χ1) is 14.9. The molecule has 4 heterocycles. The molecule has 0 aromatic carbocycles. The fraction of sp³-hybridized carbons (Fsp3) is 0.381. The van der Waals surface area contributed by atoms with Gasteiger partial charge in [-0.25, -0.2) is 9.97 Å². The summed E-state index contributed by atoms with van der Waals surface area (Å²) in [6, 6.07) is 7.00. The van der Waals surface area contributed by atoms with E-state index >= 15 is 0 Å². The Balaban J connectivity index is 1.62. The molecular weight excluding hydrogens is 418 g/mol. The number of amides is 1. The average Bonchev–Trinajstić information content (AvgIpc) is 3.28. The fourth-order valence-electron chi connectivity index (χ4n) is 3.71. The normalized spacial score (nSPS) is 21.2. The molecule has 0 spiro atoms. The Bertz CT molecular complexity index is 1040. The first kappa shape index (κ1) is 21.2. The third-order valence-electron chi connectivity index (χ3n) is 5.17. The van der Waals surface area contributed by atoms with Crippen molar-refractivity contribution >= 4 is 23.3 Å². The minimum atomic E-state index is -0.220. The molecule has 1 aliphatic rings. The van der Waals surface area contributed by atoms with Gasteiger partial charge in [-0.15, -0.1) is 4.80 Å². The van der Waals surface area contributed by atoms with E-state index in [1.807, 2.05) is 37.8 Å². The van der Waals surface area contributed by atoms with Crippen LogP contribution in [0.1, 0.15) is 30.0 Å². The summed E-state index contributed by atoms with van der Waals surface area (Å²) in [6.07, 6.45) is 4.44. The smallest absolute Gasteiger partial charge is 0.275 e. The van der Waals surface area contributed by atoms with Gasteiger partial charge in [-0.1, -0.05) is 11.6 Å². The van der Waals surface area contributed by atoms with Crippen LogP contribution in [-0.4, -0.2) is 67.1 Å². The SMILES string of the molecule is Cc1ccc(-n2nccn2)c(C(=O)N2C[C@@H](C)O[C@@H](C)[C@H]2CNc2ccc(Cl)cn2)n1. The summed E-state index contributed by atoms with van der Waals surface area (Å²) in [4.78, 5) is 25.7. The summed E-state index contributed by atoms with van der Waals surface area (Å²) < 4.78 is 6.02. The number of nitrogens with zero attached hydrogens (tertiary/aromatic N) is 6. The maximum absolute atomic E-state index is 13.7. The second-order valence-electron chi connectivity index (χ2n) is 7.56. The topological polar surface area (TPSA) is 98.1 Å². The van der Waals surface area contributed by atoms with Crippen LogP contribution < -0.4 is 5.32 Å². The number of hydrogen-bond acceptors (Lipinski definition) is 7. The molecule has 0 bridgehead atoms. The Morgan fingerprint density at radius 3 is 2.71 bits per heavy atom. The van der Waals surface area contributed by atoms with Crippen molar-refractivity contribution in [2.45, 2.75) is 39.0 Å². The highest BCUT2D eigenvalue weighted by Crippen LogP contribution is 2.23. The van der Waals surface area contributed by atoms with Gasteiger partial charge in [-0.3, -0.25) is 4.79 Å². The molecule has 0 radical (unpaired) electrons. The lowest BCUT2D eigenvalue weighted by molar-refractivity contribution is -0.0880. The van der Waals surface area contributed by atoms with E-state index in [9.17, 15) is 4.79 Å². The number of morpholine rings is 1. The molecule has 1 aliphatic heterocycles. The van der Waals surface area contributed by atoms with Crippen molar-refractivity contribution in [2.24, 2.45) is 0 Å². The fourth-order valence-corrected chi connectivity index (χ4v) is 3.82. The van der Waals surface area contributed by atoms with E-state index in [1.165, 1.54) is 4.80 Å². The van der Waals surface area contributed by atoms with Crippen LogP contribution in [0.2, 0.25) is 5.02 Å². The molecule has 1 amide bonds. The Hall–Kier alpha value is -3.04. The Morgan fingerprint density at radius 1 is 1.23 bits per heavy atom. The van der Waals surface area contributed by atoms with Crippen molar-refractivity contribution in [1.82, 2.24) is 29.9 Å². The quantitative estimate of drug-likeness (QED) is 0.650. The molecule has 1 saturated heterocycles. The van der Waals surface area contributed by atoms with E-state index in [0.29, 0.717) is 35.3 Å². The van der Waals surface area contributed by atoms with Crippen molar-refractivity contribution in [3.05, 3.63) is 59.3 Å². The lowest BCUT2D eigenvalue weighted by Gasteiger charge is -2.42. The van der Waals surface area contributed by atoms with Crippen LogP contribution in [0.4, 0.5) is 5.82 Å². The number of nitrogens with one attached hydrogen (secondary N) is 1. The molecule has 1 fully saturated rings. The predicted octanol–water partition coefficient (Wildman–Crippen LogP) is 2.75. The van der Waals surface area contributed by atoms with Gasteiger partial charge in [0.1, 0.15) is 11.5 Å². The van der Waals surface area contributed by atoms with Gasteiger partial charge in [0.15, 0.2) is 5.69 Å². The second kappa shape index (κ2) is 8.99. The molecule has 3 aromatic rings. The zero-order valence-corrected chi connectivity index (χ0v) is 18.3. The molecule has 10 heteroatoms. The number of carbonyl (C=O) groups excluding carboxylic acids is 1. The number of anilines is 1. The molecule has 162 valence electrons. The monoisotopic (exact) mass is 441 g/mol. The molecule has 1 N–H and O–H groups in total. The Labute approximate surface area is 185 Å². The molecule has 31 heavy (non-hydrogen) atoms. The minimum Gasteiger partial charge on any atom is -0.372 e. The third-order valence-corrected chi connectivity index (χ3v) is 5.40. The maximum Gasteiger partial charge on any atom is 0.275 e. The molecule has 3 atom stereocenters. The highest BCUT2D eigenvalue weighted by Gasteiger charge is 2.37. The lowest BCUT2D eigenvalue weighted by atomic mass is 10.0. The van der Waals surface area contributed by atoms with E-state index < -0.39 is 0 Å². The van der Waals surface area contributed by atoms with Crippen LogP contribution >= 0.6 is 11.6 Å². The van der Waals surface area contributed by atoms with Crippen molar-refractivity contribution in [2.75, 3.05) is 18.4 Å². The summed E-state index contributed by atoms with van der Waals surface area (Å²) in [7, 11) is 0. The molecule has 0 saturated carbocycles. The van der Waals surface area contributed by atoms with Crippen LogP contribution in [0.5, 0.6) is 0 Å². The van der Waals surface area contributed by atoms with E-state index in [-0.39, 0.29) is 24.2 Å². The zero-order valence-electron chi connectivity index (χ0n) is 17.6. The number of hydrogen-bond donors (Lipinski definition) is 1. The van der Waals surface area contributed by atoms with Crippen molar-refractivity contribution in [3.8, 4) is 5.69 Å². The van der Waals surface area contributed by atoms with Crippen molar-refractivity contribution in [3.63, 3.8) is 0 Å². The molecule has 0 unspecified atom stereocenters. The molecular formula is C21H24ClN7O2. The van der Waals surface area contributed by atoms with Crippen LogP contribution in [0.3, 0.4) is 0 Å². The summed E-state index contributed by atoms with van der Waals surface area (Å²) in [5.41, 5.74) is 1.60. The molecule has 3 aromatic heterocycles. The first-order valence-electron chi connectivity index (χ1n) is 10.1. The van der Waals surface area contributed by atoms with Gasteiger partial charge < -0.3 is 15.0 Å². The average molecular weight is 442 g/mol.